The van der Waals surface area contributed by atoms with E-state index in [1.807, 2.05) is 13.8 Å². The molecule has 112 valence electrons. The molecule has 0 saturated heterocycles. The number of anilines is 2. The lowest BCUT2D eigenvalue weighted by atomic mass is 9.95. The molecule has 0 saturated carbocycles. The van der Waals surface area contributed by atoms with E-state index in [0.717, 1.165) is 12.8 Å². The van der Waals surface area contributed by atoms with Crippen LogP contribution in [0.2, 0.25) is 0 Å². The Bertz CT molecular complexity index is 448. The number of hydrogen-bond donors (Lipinski definition) is 2. The van der Waals surface area contributed by atoms with Crippen LogP contribution in [0.3, 0.4) is 0 Å². The number of rotatable bonds is 8. The van der Waals surface area contributed by atoms with Gasteiger partial charge in [0, 0.05) is 12.6 Å². The summed E-state index contributed by atoms with van der Waals surface area (Å²) in [5.41, 5.74) is -0.0931. The minimum atomic E-state index is -0.461. The number of nitro groups is 1. The first-order valence-electron chi connectivity index (χ1n) is 7.05. The van der Waals surface area contributed by atoms with Gasteiger partial charge in [0.25, 0.3) is 0 Å². The molecule has 2 N–H and O–H groups in total. The molecule has 0 aliphatic rings. The van der Waals surface area contributed by atoms with Gasteiger partial charge in [-0.1, -0.05) is 26.7 Å². The van der Waals surface area contributed by atoms with Crippen LogP contribution in [-0.2, 0) is 0 Å². The first-order chi connectivity index (χ1) is 9.53. The van der Waals surface area contributed by atoms with Crippen molar-refractivity contribution in [3.63, 3.8) is 0 Å². The van der Waals surface area contributed by atoms with Gasteiger partial charge in [0.1, 0.15) is 6.20 Å². The van der Waals surface area contributed by atoms with Crippen molar-refractivity contribution in [3.05, 3.63) is 16.3 Å². The number of nitrogens with one attached hydrogen (secondary N) is 2. The topological polar surface area (TPSA) is 93.0 Å². The molecule has 0 fully saturated rings. The summed E-state index contributed by atoms with van der Waals surface area (Å²) in [4.78, 5) is 18.7. The van der Waals surface area contributed by atoms with Crippen LogP contribution in [0.1, 0.15) is 40.5 Å². The van der Waals surface area contributed by atoms with E-state index in [1.165, 1.54) is 6.20 Å². The van der Waals surface area contributed by atoms with Gasteiger partial charge >= 0.3 is 5.69 Å². The second-order valence-electron chi connectivity index (χ2n) is 4.72. The highest BCUT2D eigenvalue weighted by Gasteiger charge is 2.21. The molecular weight excluding hydrogens is 258 g/mol. The minimum absolute atomic E-state index is 0.0931. The summed E-state index contributed by atoms with van der Waals surface area (Å²) in [5.74, 6) is 1.13. The van der Waals surface area contributed by atoms with Crippen LogP contribution in [0.25, 0.3) is 0 Å². The van der Waals surface area contributed by atoms with Gasteiger partial charge in [-0.3, -0.25) is 10.1 Å². The summed E-state index contributed by atoms with van der Waals surface area (Å²) in [6.07, 6.45) is 3.28. The zero-order valence-electron chi connectivity index (χ0n) is 12.5. The molecule has 1 unspecified atom stereocenters. The highest BCUT2D eigenvalue weighted by Crippen LogP contribution is 2.25. The summed E-state index contributed by atoms with van der Waals surface area (Å²) < 4.78 is 0. The normalized spacial score (nSPS) is 12.2. The molecule has 1 rings (SSSR count). The zero-order chi connectivity index (χ0) is 15.1. The van der Waals surface area contributed by atoms with Crippen molar-refractivity contribution in [2.45, 2.75) is 46.6 Å². The number of aromatic nitrogens is 2. The third-order valence-corrected chi connectivity index (χ3v) is 3.42. The maximum absolute atomic E-state index is 11.0. The Labute approximate surface area is 119 Å². The Hall–Kier alpha value is -1.92. The molecule has 7 nitrogen and oxygen atoms in total. The standard InChI is InChI=1S/C13H23N5O2/c1-5-10(6-2)9(4)16-12-11(18(19)20)8-15-13(17-12)14-7-3/h8-10H,5-7H2,1-4H3,(H2,14,15,16,17). The SMILES string of the molecule is CCNc1ncc([N+](=O)[O-])c(NC(C)C(CC)CC)n1. The maximum atomic E-state index is 11.0. The Kier molecular flexibility index (Phi) is 6.14. The van der Waals surface area contributed by atoms with Gasteiger partial charge in [0.05, 0.1) is 4.92 Å². The summed E-state index contributed by atoms with van der Waals surface area (Å²) >= 11 is 0. The van der Waals surface area contributed by atoms with E-state index in [2.05, 4.69) is 34.4 Å². The average Bonchev–Trinajstić information content (AvgIpc) is 2.40. The van der Waals surface area contributed by atoms with Gasteiger partial charge in [-0.2, -0.15) is 4.98 Å². The molecule has 0 aliphatic heterocycles. The van der Waals surface area contributed by atoms with Gasteiger partial charge in [0.2, 0.25) is 11.8 Å². The number of hydrogen-bond acceptors (Lipinski definition) is 6. The van der Waals surface area contributed by atoms with Crippen LogP contribution in [0, 0.1) is 16.0 Å². The van der Waals surface area contributed by atoms with Crippen LogP contribution < -0.4 is 10.6 Å². The smallest absolute Gasteiger partial charge is 0.329 e. The van der Waals surface area contributed by atoms with Gasteiger partial charge in [0.15, 0.2) is 0 Å². The Morgan fingerprint density at radius 3 is 2.50 bits per heavy atom. The Balaban J connectivity index is 3.00. The lowest BCUT2D eigenvalue weighted by molar-refractivity contribution is -0.384. The van der Waals surface area contributed by atoms with Crippen molar-refractivity contribution in [1.29, 1.82) is 0 Å². The largest absolute Gasteiger partial charge is 0.361 e. The Morgan fingerprint density at radius 2 is 2.00 bits per heavy atom. The molecule has 0 aliphatic carbocycles. The van der Waals surface area contributed by atoms with E-state index in [1.54, 1.807) is 0 Å². The third-order valence-electron chi connectivity index (χ3n) is 3.42. The van der Waals surface area contributed by atoms with Crippen molar-refractivity contribution in [3.8, 4) is 0 Å². The average molecular weight is 281 g/mol. The zero-order valence-corrected chi connectivity index (χ0v) is 12.5. The lowest BCUT2D eigenvalue weighted by Crippen LogP contribution is -2.26. The molecular formula is C13H23N5O2. The molecule has 0 aromatic carbocycles. The second-order valence-corrected chi connectivity index (χ2v) is 4.72. The first-order valence-corrected chi connectivity index (χ1v) is 7.05. The molecule has 7 heteroatoms. The molecule has 0 radical (unpaired) electrons. The highest BCUT2D eigenvalue weighted by molar-refractivity contribution is 5.57. The second kappa shape index (κ2) is 7.62. The van der Waals surface area contributed by atoms with Gasteiger partial charge in [-0.25, -0.2) is 4.98 Å². The van der Waals surface area contributed by atoms with Crippen molar-refractivity contribution in [2.75, 3.05) is 17.2 Å². The van der Waals surface area contributed by atoms with Gasteiger partial charge < -0.3 is 10.6 Å². The van der Waals surface area contributed by atoms with Crippen LogP contribution >= 0.6 is 0 Å². The lowest BCUT2D eigenvalue weighted by Gasteiger charge is -2.22. The fourth-order valence-corrected chi connectivity index (χ4v) is 2.19. The van der Waals surface area contributed by atoms with E-state index in [4.69, 9.17) is 0 Å². The van der Waals surface area contributed by atoms with Crippen molar-refractivity contribution >= 4 is 17.5 Å². The predicted molar refractivity (Wildman–Crippen MR) is 80.0 cm³/mol. The van der Waals surface area contributed by atoms with Crippen LogP contribution in [0.5, 0.6) is 0 Å². The summed E-state index contributed by atoms with van der Waals surface area (Å²) in [5, 5.41) is 17.2. The van der Waals surface area contributed by atoms with Crippen LogP contribution in [0.15, 0.2) is 6.20 Å². The molecule has 0 spiro atoms. The van der Waals surface area contributed by atoms with E-state index >= 15 is 0 Å². The van der Waals surface area contributed by atoms with Crippen LogP contribution in [-0.4, -0.2) is 27.5 Å². The third kappa shape index (κ3) is 4.04. The first kappa shape index (κ1) is 16.1. The molecule has 20 heavy (non-hydrogen) atoms. The Morgan fingerprint density at radius 1 is 1.35 bits per heavy atom. The molecule has 1 aromatic heterocycles. The molecule has 0 bridgehead atoms. The van der Waals surface area contributed by atoms with E-state index in [-0.39, 0.29) is 17.5 Å². The summed E-state index contributed by atoms with van der Waals surface area (Å²) in [6, 6.07) is 0.119. The summed E-state index contributed by atoms with van der Waals surface area (Å²) in [6.45, 7) is 8.84. The molecule has 1 aromatic rings. The monoisotopic (exact) mass is 281 g/mol. The minimum Gasteiger partial charge on any atom is -0.361 e. The highest BCUT2D eigenvalue weighted by atomic mass is 16.6. The predicted octanol–water partition coefficient (Wildman–Crippen LogP) is 3.05. The van der Waals surface area contributed by atoms with E-state index < -0.39 is 4.92 Å². The van der Waals surface area contributed by atoms with Crippen LogP contribution in [0.4, 0.5) is 17.5 Å². The van der Waals surface area contributed by atoms with E-state index in [9.17, 15) is 10.1 Å². The van der Waals surface area contributed by atoms with Crippen molar-refractivity contribution < 1.29 is 4.92 Å². The molecule has 1 atom stereocenters. The fraction of sp³-hybridized carbons (Fsp3) is 0.692. The van der Waals surface area contributed by atoms with E-state index in [0.29, 0.717) is 18.4 Å². The van der Waals surface area contributed by atoms with Gasteiger partial charge in [-0.15, -0.1) is 0 Å². The fourth-order valence-electron chi connectivity index (χ4n) is 2.19. The summed E-state index contributed by atoms with van der Waals surface area (Å²) in [7, 11) is 0. The molecule has 0 amide bonds. The molecule has 1 heterocycles. The van der Waals surface area contributed by atoms with Crippen molar-refractivity contribution in [1.82, 2.24) is 9.97 Å². The van der Waals surface area contributed by atoms with Gasteiger partial charge in [-0.05, 0) is 19.8 Å². The quantitative estimate of drug-likeness (QED) is 0.562. The van der Waals surface area contributed by atoms with Crippen molar-refractivity contribution in [2.24, 2.45) is 5.92 Å². The number of nitrogens with zero attached hydrogens (tertiary/aromatic N) is 3. The maximum Gasteiger partial charge on any atom is 0.329 e.